The minimum Gasteiger partial charge on any atom is -0.399 e. The third kappa shape index (κ3) is 6.91. The number of rotatable bonds is 7. The Morgan fingerprint density at radius 2 is 0.904 bits per heavy atom. The van der Waals surface area contributed by atoms with Gasteiger partial charge in [0.2, 0.25) is 0 Å². The Morgan fingerprint density at radius 1 is 0.340 bits per heavy atom. The lowest BCUT2D eigenvalue weighted by atomic mass is 9.69. The van der Waals surface area contributed by atoms with Crippen LogP contribution in [0.1, 0.15) is 101 Å². The van der Waals surface area contributed by atoms with E-state index < -0.39 is 47.5 Å². The molecule has 8 heteroatoms. The van der Waals surface area contributed by atoms with E-state index in [2.05, 4.69) is 308 Å². The van der Waals surface area contributed by atoms with Crippen LogP contribution in [0.25, 0.3) is 121 Å². The van der Waals surface area contributed by atoms with E-state index in [-0.39, 0.29) is 0 Å². The highest BCUT2D eigenvalue weighted by Gasteiger charge is 2.58. The van der Waals surface area contributed by atoms with Gasteiger partial charge in [0.25, 0.3) is 0 Å². The highest BCUT2D eigenvalue weighted by atomic mass is 16.7. The van der Waals surface area contributed by atoms with Crippen molar-refractivity contribution in [3.63, 3.8) is 0 Å². The fraction of sp³-hybridized carbons (Fsp3) is 0.186. The molecule has 2 aromatic heterocycles. The summed E-state index contributed by atoms with van der Waals surface area (Å²) >= 11 is 0. The first-order valence-electron chi connectivity index (χ1n) is 33.5. The van der Waals surface area contributed by atoms with Gasteiger partial charge in [-0.25, -0.2) is 0 Å². The SMILES string of the molecule is CC1(c2cccc(-c3cccc(CC4(C)OB(c5cc6c7c8c5c5ccccc5n8-c5ccccc5-c5cccc(c5-7)C6(C)c5ccc6ccccc6c5)OC4(C)C)c3)c2)c2ccc(B3OC(C)(C)C(C)(C)O3)c3c2-c2c1ccc1c4ccccc4n(c21)-c1ccccc1-3. The second-order valence-electron chi connectivity index (χ2n) is 29.6. The Hall–Kier alpha value is -9.53. The molecule has 0 saturated carbocycles. The zero-order chi connectivity index (χ0) is 63.3. The molecule has 3 unspecified atom stereocenters. The summed E-state index contributed by atoms with van der Waals surface area (Å²) in [6.07, 6.45) is 0.634. The second-order valence-corrected chi connectivity index (χ2v) is 29.6. The molecule has 0 amide bonds. The van der Waals surface area contributed by atoms with Crippen LogP contribution in [0.4, 0.5) is 0 Å². The van der Waals surface area contributed by atoms with Crippen molar-refractivity contribution in [2.45, 2.75) is 102 Å². The van der Waals surface area contributed by atoms with Gasteiger partial charge in [0.05, 0.1) is 55.8 Å². The van der Waals surface area contributed by atoms with Crippen molar-refractivity contribution in [3.8, 4) is 67.0 Å². The summed E-state index contributed by atoms with van der Waals surface area (Å²) in [7, 11) is -1.23. The molecule has 0 radical (unpaired) electrons. The molecule has 14 aromatic rings. The van der Waals surface area contributed by atoms with Crippen molar-refractivity contribution >= 4 is 79.5 Å². The molecule has 2 fully saturated rings. The molecule has 12 aromatic carbocycles. The van der Waals surface area contributed by atoms with Crippen LogP contribution in [0, 0.1) is 0 Å². The number of benzene rings is 12. The molecule has 6 nitrogen and oxygen atoms in total. The minimum absolute atomic E-state index is 0.506. The summed E-state index contributed by atoms with van der Waals surface area (Å²) in [6.45, 7) is 20.2. The average Bonchev–Trinajstić information content (AvgIpc) is 1.51. The van der Waals surface area contributed by atoms with Gasteiger partial charge in [0.1, 0.15) is 0 Å². The Kier molecular flexibility index (Phi) is 10.8. The molecular formula is C86H68B2N2O4. The van der Waals surface area contributed by atoms with E-state index in [1.807, 2.05) is 0 Å². The van der Waals surface area contributed by atoms with Crippen LogP contribution >= 0.6 is 0 Å². The Labute approximate surface area is 548 Å². The van der Waals surface area contributed by atoms with Crippen LogP contribution in [0.3, 0.4) is 0 Å². The van der Waals surface area contributed by atoms with Crippen molar-refractivity contribution in [2.75, 3.05) is 0 Å². The van der Waals surface area contributed by atoms with Crippen molar-refractivity contribution < 1.29 is 18.6 Å². The zero-order valence-electron chi connectivity index (χ0n) is 54.4. The third-order valence-corrected chi connectivity index (χ3v) is 24.0. The molecule has 3 atom stereocenters. The molecule has 94 heavy (non-hydrogen) atoms. The molecule has 2 saturated heterocycles. The molecule has 0 bridgehead atoms. The summed E-state index contributed by atoms with van der Waals surface area (Å²) < 4.78 is 34.3. The smallest absolute Gasteiger partial charge is 0.399 e. The molecule has 20 rings (SSSR count). The van der Waals surface area contributed by atoms with Crippen molar-refractivity contribution in [1.82, 2.24) is 9.13 Å². The fourth-order valence-electron chi connectivity index (χ4n) is 18.1. The van der Waals surface area contributed by atoms with Crippen molar-refractivity contribution in [3.05, 3.63) is 276 Å². The Morgan fingerprint density at radius 3 is 1.70 bits per heavy atom. The summed E-state index contributed by atoms with van der Waals surface area (Å²) in [4.78, 5) is 0. The fourth-order valence-corrected chi connectivity index (χ4v) is 18.1. The zero-order valence-corrected chi connectivity index (χ0v) is 54.4. The molecule has 6 aliphatic rings. The van der Waals surface area contributed by atoms with Crippen LogP contribution in [0.2, 0.25) is 0 Å². The standard InChI is InChI=1S/C86H68B2N2O4/c1-81(2)82(3,4)92-87(91-81)67-44-43-64-76-74(67)61-31-14-18-37-71(61)89-70-36-17-13-30-58(70)60-41-42-65(77(76)79(60)89)85(64,8)55-28-21-27-54(47-55)52-26-20-23-50(45-52)49-84(7)83(5,6)93-88(94-84)68-48-66-78-73-59(33-22-34-63(73)86(66,9)56-40-39-51-24-10-11-25-53(51)46-56)57-29-12-16-35-69(57)90-72-38-19-15-32-62(72)75(68)80(78)90/h10-48H,49H2,1-9H3. The maximum Gasteiger partial charge on any atom is 0.495 e. The maximum atomic E-state index is 7.72. The minimum atomic E-state index is -0.737. The highest BCUT2D eigenvalue weighted by Crippen LogP contribution is 2.63. The van der Waals surface area contributed by atoms with Crippen LogP contribution < -0.4 is 10.9 Å². The van der Waals surface area contributed by atoms with Gasteiger partial charge in [-0.3, -0.25) is 0 Å². The maximum absolute atomic E-state index is 7.72. The van der Waals surface area contributed by atoms with Gasteiger partial charge in [0.15, 0.2) is 0 Å². The molecular weight excluding hydrogens is 1150 g/mol. The van der Waals surface area contributed by atoms with Crippen molar-refractivity contribution in [2.24, 2.45) is 0 Å². The average molecular weight is 1220 g/mol. The van der Waals surface area contributed by atoms with Gasteiger partial charge in [-0.2, -0.15) is 0 Å². The number of hydrogen-bond donors (Lipinski definition) is 0. The summed E-state index contributed by atoms with van der Waals surface area (Å²) in [6, 6.07) is 89.1. The van der Waals surface area contributed by atoms with E-state index >= 15 is 0 Å². The Balaban J connectivity index is 0.711. The van der Waals surface area contributed by atoms with Crippen LogP contribution in [-0.4, -0.2) is 45.8 Å². The molecule has 4 aliphatic heterocycles. The normalized spacial score (nSPS) is 21.0. The van der Waals surface area contributed by atoms with Crippen LogP contribution in [0.15, 0.2) is 237 Å². The monoisotopic (exact) mass is 1210 g/mol. The van der Waals surface area contributed by atoms with Gasteiger partial charge in [-0.15, -0.1) is 0 Å². The molecule has 2 aliphatic carbocycles. The van der Waals surface area contributed by atoms with Crippen molar-refractivity contribution in [1.29, 1.82) is 0 Å². The number of fused-ring (bicyclic) bond motifs is 13. The van der Waals surface area contributed by atoms with Gasteiger partial charge in [-0.05, 0) is 193 Å². The number of nitrogens with zero attached hydrogens (tertiary/aromatic N) is 2. The molecule has 452 valence electrons. The molecule has 6 heterocycles. The lowest BCUT2D eigenvalue weighted by molar-refractivity contribution is -0.00876. The lowest BCUT2D eigenvalue weighted by Crippen LogP contribution is -2.46. The topological polar surface area (TPSA) is 46.8 Å². The van der Waals surface area contributed by atoms with E-state index in [1.165, 1.54) is 144 Å². The van der Waals surface area contributed by atoms with E-state index in [0.29, 0.717) is 6.42 Å². The van der Waals surface area contributed by atoms with E-state index in [4.69, 9.17) is 18.6 Å². The van der Waals surface area contributed by atoms with Gasteiger partial charge < -0.3 is 27.8 Å². The predicted molar refractivity (Wildman–Crippen MR) is 387 cm³/mol. The van der Waals surface area contributed by atoms with Crippen LogP contribution in [-0.2, 0) is 35.9 Å². The summed E-state index contributed by atoms with van der Waals surface area (Å²) in [5.41, 5.74) is 27.0. The van der Waals surface area contributed by atoms with E-state index in [1.54, 1.807) is 0 Å². The first-order chi connectivity index (χ1) is 45.5. The van der Waals surface area contributed by atoms with Gasteiger partial charge in [-0.1, -0.05) is 200 Å². The largest absolute Gasteiger partial charge is 0.495 e. The summed E-state index contributed by atoms with van der Waals surface area (Å²) in [5, 5.41) is 7.34. The van der Waals surface area contributed by atoms with E-state index in [0.717, 1.165) is 27.7 Å². The third-order valence-electron chi connectivity index (χ3n) is 24.0. The van der Waals surface area contributed by atoms with E-state index in [9.17, 15) is 0 Å². The predicted octanol–water partition coefficient (Wildman–Crippen LogP) is 19.2. The molecule has 0 N–H and O–H groups in total. The quantitative estimate of drug-likeness (QED) is 0.149. The lowest BCUT2D eigenvalue weighted by Gasteiger charge is -2.36. The highest BCUT2D eigenvalue weighted by molar-refractivity contribution is 6.66. The first kappa shape index (κ1) is 55.0. The number of hydrogen-bond acceptors (Lipinski definition) is 4. The Bertz CT molecular complexity index is 5730. The summed E-state index contributed by atoms with van der Waals surface area (Å²) in [5.74, 6) is 0. The first-order valence-corrected chi connectivity index (χ1v) is 33.5. The number of aromatic nitrogens is 2. The van der Waals surface area contributed by atoms with Crippen LogP contribution in [0.5, 0.6) is 0 Å². The molecule has 0 spiro atoms. The second kappa shape index (κ2) is 18.4. The number of para-hydroxylation sites is 4. The van der Waals surface area contributed by atoms with Gasteiger partial charge in [0, 0.05) is 61.0 Å². The van der Waals surface area contributed by atoms with Gasteiger partial charge >= 0.3 is 14.2 Å².